The number of nitrogens with zero attached hydrogens (tertiary/aromatic N) is 2. The van der Waals surface area contributed by atoms with E-state index in [2.05, 4.69) is 214 Å². The van der Waals surface area contributed by atoms with Crippen LogP contribution in [0.4, 0.5) is 0 Å². The monoisotopic (exact) mass is 744 g/mol. The molecule has 10 aromatic rings. The summed E-state index contributed by atoms with van der Waals surface area (Å²) < 4.78 is 2.37. The molecule has 1 heterocycles. The standard InChI is InChI=1S/C56H44N2/c1-36(12-11-31-57-5)37-17-21-39(22-18-37)49-35-50(48-29-26-43-33-44(56(2,3)4)32-42-25-28-47(49)55(48)54(42)43)40-23-19-38(20-24-40)41-27-30-53-51(34-41)46-15-9-10-16-52(46)58(53)45-13-7-6-8-14-45/h6-35H,5H2,1-4H3/b31-11-,36-12+. The van der Waals surface area contributed by atoms with Crippen LogP contribution in [0.15, 0.2) is 187 Å². The van der Waals surface area contributed by atoms with Gasteiger partial charge in [0.1, 0.15) is 0 Å². The first-order valence-electron chi connectivity index (χ1n) is 20.1. The van der Waals surface area contributed by atoms with E-state index in [9.17, 15) is 0 Å². The van der Waals surface area contributed by atoms with Crippen molar-refractivity contribution in [1.29, 1.82) is 0 Å². The molecule has 0 N–H and O–H groups in total. The van der Waals surface area contributed by atoms with Gasteiger partial charge in [0.15, 0.2) is 0 Å². The maximum Gasteiger partial charge on any atom is 0.0541 e. The fourth-order valence-electron chi connectivity index (χ4n) is 8.93. The summed E-state index contributed by atoms with van der Waals surface area (Å²) in [6.45, 7) is 12.6. The van der Waals surface area contributed by atoms with E-state index in [1.54, 1.807) is 6.20 Å². The minimum absolute atomic E-state index is 0.0539. The topological polar surface area (TPSA) is 17.3 Å². The second-order valence-electron chi connectivity index (χ2n) is 16.6. The summed E-state index contributed by atoms with van der Waals surface area (Å²) in [4.78, 5) is 3.84. The Morgan fingerprint density at radius 2 is 1.12 bits per heavy atom. The fraction of sp³-hybridized carbons (Fsp3) is 0.0893. The van der Waals surface area contributed by atoms with Gasteiger partial charge in [-0.3, -0.25) is 4.99 Å². The third kappa shape index (κ3) is 5.92. The van der Waals surface area contributed by atoms with Crippen molar-refractivity contribution < 1.29 is 0 Å². The number of hydrogen-bond donors (Lipinski definition) is 0. The lowest BCUT2D eigenvalue weighted by atomic mass is 9.81. The number of rotatable bonds is 7. The molecular formula is C56H44N2. The van der Waals surface area contributed by atoms with Gasteiger partial charge >= 0.3 is 0 Å². The third-order valence-corrected chi connectivity index (χ3v) is 12.0. The van der Waals surface area contributed by atoms with Gasteiger partial charge < -0.3 is 4.57 Å². The number of hydrogen-bond acceptors (Lipinski definition) is 1. The van der Waals surface area contributed by atoms with E-state index in [1.165, 1.54) is 110 Å². The zero-order valence-electron chi connectivity index (χ0n) is 33.4. The van der Waals surface area contributed by atoms with Crippen LogP contribution in [-0.2, 0) is 5.41 Å². The van der Waals surface area contributed by atoms with Crippen LogP contribution in [0.5, 0.6) is 0 Å². The Kier molecular flexibility index (Phi) is 8.46. The maximum atomic E-state index is 3.84. The average Bonchev–Trinajstić information content (AvgIpc) is 3.59. The van der Waals surface area contributed by atoms with Gasteiger partial charge in [-0.05, 0) is 144 Å². The van der Waals surface area contributed by atoms with Gasteiger partial charge in [-0.1, -0.05) is 154 Å². The van der Waals surface area contributed by atoms with Crippen LogP contribution >= 0.6 is 0 Å². The molecule has 0 radical (unpaired) electrons. The number of fused-ring (bicyclic) bond motifs is 3. The Bertz CT molecular complexity index is 3220. The number of benzene rings is 9. The van der Waals surface area contributed by atoms with Gasteiger partial charge in [0.2, 0.25) is 0 Å². The zero-order valence-corrected chi connectivity index (χ0v) is 33.4. The fourth-order valence-corrected chi connectivity index (χ4v) is 8.93. The van der Waals surface area contributed by atoms with Crippen molar-refractivity contribution in [2.45, 2.75) is 33.1 Å². The van der Waals surface area contributed by atoms with Crippen LogP contribution < -0.4 is 0 Å². The van der Waals surface area contributed by atoms with Gasteiger partial charge in [-0.2, -0.15) is 0 Å². The van der Waals surface area contributed by atoms with Gasteiger partial charge in [-0.15, -0.1) is 0 Å². The first-order chi connectivity index (χ1) is 28.3. The van der Waals surface area contributed by atoms with Crippen LogP contribution in [0.2, 0.25) is 0 Å². The van der Waals surface area contributed by atoms with Crippen molar-refractivity contribution >= 4 is 66.4 Å². The lowest BCUT2D eigenvalue weighted by Gasteiger charge is -2.23. The first kappa shape index (κ1) is 35.4. The normalized spacial score (nSPS) is 12.6. The molecule has 0 aliphatic heterocycles. The smallest absolute Gasteiger partial charge is 0.0541 e. The molecule has 2 heteroatoms. The molecule has 0 spiro atoms. The number of allylic oxidation sites excluding steroid dienone is 3. The van der Waals surface area contributed by atoms with Crippen molar-refractivity contribution in [1.82, 2.24) is 4.57 Å². The Hall–Kier alpha value is -7.03. The molecule has 0 saturated heterocycles. The summed E-state index contributed by atoms with van der Waals surface area (Å²) in [5.74, 6) is 0. The van der Waals surface area contributed by atoms with Crippen molar-refractivity contribution in [2.75, 3.05) is 0 Å². The summed E-state index contributed by atoms with van der Waals surface area (Å²) in [5.41, 5.74) is 14.7. The quantitative estimate of drug-likeness (QED) is 0.0878. The average molecular weight is 745 g/mol. The summed E-state index contributed by atoms with van der Waals surface area (Å²) >= 11 is 0. The van der Waals surface area contributed by atoms with E-state index in [0.717, 1.165) is 0 Å². The molecule has 0 amide bonds. The maximum absolute atomic E-state index is 3.84. The molecule has 0 saturated carbocycles. The van der Waals surface area contributed by atoms with E-state index < -0.39 is 0 Å². The molecule has 58 heavy (non-hydrogen) atoms. The molecule has 0 atom stereocenters. The highest BCUT2D eigenvalue weighted by Gasteiger charge is 2.21. The Balaban J connectivity index is 1.12. The second-order valence-corrected chi connectivity index (χ2v) is 16.6. The molecular weight excluding hydrogens is 701 g/mol. The van der Waals surface area contributed by atoms with E-state index >= 15 is 0 Å². The lowest BCUT2D eigenvalue weighted by molar-refractivity contribution is 0.591. The molecule has 0 bridgehead atoms. The molecule has 2 nitrogen and oxygen atoms in total. The van der Waals surface area contributed by atoms with Gasteiger partial charge in [-0.25, -0.2) is 0 Å². The highest BCUT2D eigenvalue weighted by molar-refractivity contribution is 6.28. The number of aliphatic imine (C=N–C) groups is 1. The van der Waals surface area contributed by atoms with Gasteiger partial charge in [0, 0.05) is 22.7 Å². The van der Waals surface area contributed by atoms with E-state index in [4.69, 9.17) is 0 Å². The molecule has 10 rings (SSSR count). The minimum atomic E-state index is 0.0539. The van der Waals surface area contributed by atoms with E-state index in [-0.39, 0.29) is 5.41 Å². The summed E-state index contributed by atoms with van der Waals surface area (Å²) in [5, 5.41) is 10.3. The summed E-state index contributed by atoms with van der Waals surface area (Å²) in [6, 6.07) is 61.1. The van der Waals surface area contributed by atoms with Crippen LogP contribution in [0.25, 0.3) is 98.8 Å². The predicted octanol–water partition coefficient (Wildman–Crippen LogP) is 15.6. The van der Waals surface area contributed by atoms with Crippen LogP contribution in [0.1, 0.15) is 38.8 Å². The van der Waals surface area contributed by atoms with Crippen LogP contribution in [-0.4, -0.2) is 11.3 Å². The minimum Gasteiger partial charge on any atom is -0.309 e. The Labute approximate surface area is 340 Å². The molecule has 1 aromatic heterocycles. The number of para-hydroxylation sites is 2. The van der Waals surface area contributed by atoms with E-state index in [1.807, 2.05) is 6.08 Å². The van der Waals surface area contributed by atoms with Crippen molar-refractivity contribution in [3.05, 3.63) is 193 Å². The SMILES string of the molecule is C=N/C=C\C=C(/C)c1ccc(-c2cc(-c3ccc(-c4ccc5c(c4)c4ccccc4n5-c4ccccc4)cc3)c3ccc4cc(C(C)(C)C)cc5ccc2c3c54)cc1. The van der Waals surface area contributed by atoms with E-state index in [0.29, 0.717) is 0 Å². The predicted molar refractivity (Wildman–Crippen MR) is 252 cm³/mol. The highest BCUT2D eigenvalue weighted by atomic mass is 15.0. The summed E-state index contributed by atoms with van der Waals surface area (Å²) in [6.07, 6.45) is 5.72. The van der Waals surface area contributed by atoms with Gasteiger partial charge in [0.05, 0.1) is 11.0 Å². The highest BCUT2D eigenvalue weighted by Crippen LogP contribution is 2.45. The molecule has 0 aliphatic carbocycles. The third-order valence-electron chi connectivity index (χ3n) is 12.0. The van der Waals surface area contributed by atoms with Crippen molar-refractivity contribution in [3.63, 3.8) is 0 Å². The first-order valence-corrected chi connectivity index (χ1v) is 20.1. The second kappa shape index (κ2) is 13.9. The Morgan fingerprint density at radius 3 is 1.78 bits per heavy atom. The van der Waals surface area contributed by atoms with Crippen LogP contribution in [0.3, 0.4) is 0 Å². The van der Waals surface area contributed by atoms with Gasteiger partial charge in [0.25, 0.3) is 0 Å². The largest absolute Gasteiger partial charge is 0.309 e. The molecule has 0 aliphatic rings. The Morgan fingerprint density at radius 1 is 0.534 bits per heavy atom. The zero-order chi connectivity index (χ0) is 39.5. The molecule has 278 valence electrons. The summed E-state index contributed by atoms with van der Waals surface area (Å²) in [7, 11) is 0. The molecule has 9 aromatic carbocycles. The molecule has 0 fully saturated rings. The van der Waals surface area contributed by atoms with Crippen molar-refractivity contribution in [2.24, 2.45) is 4.99 Å². The molecule has 0 unspecified atom stereocenters. The lowest BCUT2D eigenvalue weighted by Crippen LogP contribution is -2.10. The van der Waals surface area contributed by atoms with Crippen molar-refractivity contribution in [3.8, 4) is 39.1 Å². The van der Waals surface area contributed by atoms with Crippen LogP contribution in [0, 0.1) is 0 Å². The number of aromatic nitrogens is 1.